The summed E-state index contributed by atoms with van der Waals surface area (Å²) in [6, 6.07) is 17.3. The number of nitriles is 2. The lowest BCUT2D eigenvalue weighted by Gasteiger charge is -2.29. The summed E-state index contributed by atoms with van der Waals surface area (Å²) in [4.78, 5) is 18.0. The van der Waals surface area contributed by atoms with Gasteiger partial charge in [-0.2, -0.15) is 20.7 Å². The van der Waals surface area contributed by atoms with E-state index in [9.17, 15) is 34.8 Å². The van der Waals surface area contributed by atoms with Gasteiger partial charge in [-0.15, -0.1) is 0 Å². The number of benzene rings is 1. The van der Waals surface area contributed by atoms with Crippen LogP contribution in [0.15, 0.2) is 61.2 Å². The molecule has 582 valence electrons. The number of phosphoric ester groups is 2. The molecule has 26 nitrogen and oxygen atoms in total. The van der Waals surface area contributed by atoms with Crippen molar-refractivity contribution in [1.29, 1.82) is 10.5 Å². The molecule has 0 spiro atoms. The fraction of sp³-hybridized carbons (Fsp3) is 0.733. The van der Waals surface area contributed by atoms with Gasteiger partial charge in [0.2, 0.25) is 11.2 Å². The van der Waals surface area contributed by atoms with Crippen molar-refractivity contribution >= 4 is 49.9 Å². The van der Waals surface area contributed by atoms with Crippen LogP contribution in [0, 0.1) is 22.7 Å². The second-order valence-corrected chi connectivity index (χ2v) is 31.5. The van der Waals surface area contributed by atoms with Crippen molar-refractivity contribution in [1.82, 2.24) is 29.2 Å². The van der Waals surface area contributed by atoms with Crippen molar-refractivity contribution in [3.05, 3.63) is 77.6 Å². The van der Waals surface area contributed by atoms with Crippen molar-refractivity contribution in [3.63, 3.8) is 0 Å². The predicted molar refractivity (Wildman–Crippen MR) is 398 cm³/mol. The molecule has 7 heterocycles. The minimum Gasteiger partial charge on any atom is -0.402 e. The highest BCUT2D eigenvalue weighted by Gasteiger charge is 2.66. The van der Waals surface area contributed by atoms with E-state index in [0.29, 0.717) is 56.0 Å². The van der Waals surface area contributed by atoms with E-state index in [2.05, 4.69) is 40.1 Å². The molecule has 7 N–H and O–H groups in total. The number of nitrogen functional groups attached to an aromatic ring is 2. The Morgan fingerprint density at radius 3 is 1.39 bits per heavy atom. The van der Waals surface area contributed by atoms with Crippen molar-refractivity contribution in [2.24, 2.45) is 0 Å². The van der Waals surface area contributed by atoms with Crippen LogP contribution < -0.4 is 16.0 Å². The Morgan fingerprint density at radius 2 is 0.933 bits per heavy atom. The van der Waals surface area contributed by atoms with Gasteiger partial charge < -0.3 is 59.5 Å². The Balaban J connectivity index is 0.000000297. The summed E-state index contributed by atoms with van der Waals surface area (Å²) in [6.45, 7) is 9.22. The van der Waals surface area contributed by atoms with Crippen LogP contribution in [0.3, 0.4) is 0 Å². The zero-order valence-electron chi connectivity index (χ0n) is 62.1. The van der Waals surface area contributed by atoms with Gasteiger partial charge in [-0.25, -0.2) is 28.1 Å². The van der Waals surface area contributed by atoms with Crippen LogP contribution in [0.1, 0.15) is 257 Å². The highest BCUT2D eigenvalue weighted by molar-refractivity contribution is 7.49. The van der Waals surface area contributed by atoms with Crippen LogP contribution in [-0.4, -0.2) is 140 Å². The first-order valence-corrected chi connectivity index (χ1v) is 41.9. The fourth-order valence-electron chi connectivity index (χ4n) is 13.5. The molecule has 10 atom stereocenters. The zero-order chi connectivity index (χ0) is 74.5. The maximum Gasteiger partial charge on any atom is 0.530 e. The fourth-order valence-corrected chi connectivity index (χ4v) is 15.8. The molecule has 0 saturated carbocycles. The average Bonchev–Trinajstić information content (AvgIpc) is 1.56. The van der Waals surface area contributed by atoms with Crippen LogP contribution in [0.2, 0.25) is 5.02 Å². The molecular formula is C75H119ClN10O16P2. The van der Waals surface area contributed by atoms with Crippen LogP contribution in [-0.2, 0) is 66.8 Å². The molecule has 0 bridgehead atoms. The largest absolute Gasteiger partial charge is 0.530 e. The number of aromatic nitrogens is 6. The van der Waals surface area contributed by atoms with E-state index in [1.807, 2.05) is 6.07 Å². The van der Waals surface area contributed by atoms with E-state index < -0.39 is 75.9 Å². The number of nitrogens with two attached hydrogens (primary N) is 2. The number of fused-ring (bicyclic) bond motifs is 3. The van der Waals surface area contributed by atoms with Gasteiger partial charge in [-0.1, -0.05) is 230 Å². The van der Waals surface area contributed by atoms with Gasteiger partial charge in [0.1, 0.15) is 78.2 Å². The summed E-state index contributed by atoms with van der Waals surface area (Å²) >= 11 is 6.36. The number of para-hydroxylation sites is 1. The van der Waals surface area contributed by atoms with E-state index in [0.717, 1.165) is 25.7 Å². The number of anilines is 2. The molecule has 3 aliphatic rings. The third-order valence-electron chi connectivity index (χ3n) is 19.2. The molecular weight excluding hydrogens is 1390 g/mol. The lowest BCUT2D eigenvalue weighted by Crippen LogP contribution is -2.41. The van der Waals surface area contributed by atoms with Crippen LogP contribution >= 0.6 is 27.2 Å². The van der Waals surface area contributed by atoms with E-state index in [1.165, 1.54) is 208 Å². The molecule has 3 saturated heterocycles. The molecule has 104 heavy (non-hydrogen) atoms. The number of aliphatic hydroxyl groups excluding tert-OH is 2. The van der Waals surface area contributed by atoms with Crippen molar-refractivity contribution < 1.29 is 75.3 Å². The summed E-state index contributed by atoms with van der Waals surface area (Å²) in [5.74, 6) is -0.530. The molecule has 29 heteroatoms. The summed E-state index contributed by atoms with van der Waals surface area (Å²) in [6.07, 6.45) is 38.4. The summed E-state index contributed by atoms with van der Waals surface area (Å²) in [5.41, 5.74) is 9.59. The molecule has 5 aromatic rings. The SMILES string of the molecule is CCCCCCCCCCCCCCCCCCOCCCOP(=O)(O)OC[C@H]1O[C@@](C#N)(c2ccc3c(N)ncnn23)[C@H](O)[C@@H]1O.CCCCCCCCCCCCCCCCCCOCCCOP(=O)(OC[C@H]1O[C@@](C#N)(c2ccc3c(N)ncnn23)[C@@H]2OC(C)(C)O[C@@H]21)Oc1ccccc1Cl. The van der Waals surface area contributed by atoms with Crippen molar-refractivity contribution in [3.8, 4) is 17.9 Å². The minimum absolute atomic E-state index is 0.0459. The van der Waals surface area contributed by atoms with Crippen molar-refractivity contribution in [2.75, 3.05) is 64.3 Å². The third kappa shape index (κ3) is 26.7. The van der Waals surface area contributed by atoms with Gasteiger partial charge in [0.25, 0.3) is 0 Å². The molecule has 0 radical (unpaired) electrons. The monoisotopic (exact) mass is 1510 g/mol. The van der Waals surface area contributed by atoms with Crippen LogP contribution in [0.4, 0.5) is 11.6 Å². The number of aliphatic hydroxyl groups is 2. The predicted octanol–water partition coefficient (Wildman–Crippen LogP) is 16.4. The maximum atomic E-state index is 14.2. The number of ether oxygens (including phenoxy) is 6. The number of rotatable bonds is 54. The Morgan fingerprint density at radius 1 is 0.519 bits per heavy atom. The molecule has 2 unspecified atom stereocenters. The average molecular weight is 1510 g/mol. The van der Waals surface area contributed by atoms with Gasteiger partial charge >= 0.3 is 15.6 Å². The van der Waals surface area contributed by atoms with Crippen molar-refractivity contribution in [2.45, 2.75) is 300 Å². The standard InChI is InChI=1S/C42H63ClN5O8P.C33H56N5O8P/c1-4-5-6-7-8-9-10-11-12-13-14-15-16-17-18-21-27-50-28-22-29-51-57(49,56-35-24-20-19-23-33(35)43)52-30-36-38-39(55-41(2,3)54-38)42(31-44,53-36)37-26-25-34-40(45)46-32-47-48(34)37;1-2-3-4-5-6-7-8-9-10-11-12-13-14-15-16-17-21-43-22-18-23-44-47(41,42)45-24-28-30(39)31(40)33(25-34,46-28)29-20-19-27-32(35)36-26-37-38(27)29/h19-20,23-26,32,36,38-39H,4-18,21-22,27-30H2,1-3H3,(H2,45,46,47);19-20,26,28,30-31,39-40H,2-18,21-24H2,1H3,(H,41,42)(H2,35,36,37)/t36-,38-,39-,42+,57?;28-,30-,31-,33+/m11/s1. The molecule has 1 aromatic carbocycles. The molecule has 8 rings (SSSR count). The van der Waals surface area contributed by atoms with E-state index >= 15 is 0 Å². The number of halogens is 1. The lowest BCUT2D eigenvalue weighted by molar-refractivity contribution is -0.204. The Labute approximate surface area is 621 Å². The van der Waals surface area contributed by atoms with E-state index in [-0.39, 0.29) is 47.9 Å². The highest BCUT2D eigenvalue weighted by atomic mass is 35.5. The normalized spacial score (nSPS) is 22.4. The molecule has 0 aliphatic carbocycles. The summed E-state index contributed by atoms with van der Waals surface area (Å²) in [7, 11) is -8.78. The van der Waals surface area contributed by atoms with Gasteiger partial charge in [0.05, 0.1) is 42.8 Å². The number of nitrogens with zero attached hydrogens (tertiary/aromatic N) is 8. The second-order valence-electron chi connectivity index (χ2n) is 28.0. The second kappa shape index (κ2) is 45.8. The third-order valence-corrected chi connectivity index (χ3v) is 21.9. The maximum absolute atomic E-state index is 14.2. The number of hydrogen-bond acceptors (Lipinski definition) is 23. The highest BCUT2D eigenvalue weighted by Crippen LogP contribution is 2.54. The smallest absolute Gasteiger partial charge is 0.402 e. The van der Waals surface area contributed by atoms with Gasteiger partial charge in [-0.3, -0.25) is 18.1 Å². The van der Waals surface area contributed by atoms with E-state index in [1.54, 1.807) is 56.3 Å². The van der Waals surface area contributed by atoms with Gasteiger partial charge in [0.15, 0.2) is 17.4 Å². The number of phosphoric acid groups is 2. The molecule has 4 aromatic heterocycles. The van der Waals surface area contributed by atoms with Crippen LogP contribution in [0.25, 0.3) is 11.0 Å². The Hall–Kier alpha value is -4.93. The first-order valence-electron chi connectivity index (χ1n) is 38.5. The Bertz CT molecular complexity index is 3450. The summed E-state index contributed by atoms with van der Waals surface area (Å²) < 4.78 is 93.1. The Kier molecular flexibility index (Phi) is 38.0. The van der Waals surface area contributed by atoms with Gasteiger partial charge in [0, 0.05) is 26.4 Å². The molecule has 0 amide bonds. The quantitative estimate of drug-likeness (QED) is 0.0178. The number of hydrogen-bond donors (Lipinski definition) is 5. The molecule has 3 fully saturated rings. The lowest BCUT2D eigenvalue weighted by atomic mass is 9.92. The molecule has 3 aliphatic heterocycles. The number of unbranched alkanes of at least 4 members (excludes halogenated alkanes) is 30. The van der Waals surface area contributed by atoms with E-state index in [4.69, 9.17) is 74.1 Å². The first kappa shape index (κ1) is 86.3. The first-order chi connectivity index (χ1) is 50.4. The topological polar surface area (TPSA) is 356 Å². The van der Waals surface area contributed by atoms with Crippen LogP contribution in [0.5, 0.6) is 5.75 Å². The summed E-state index contributed by atoms with van der Waals surface area (Å²) in [5, 5.41) is 50.6. The zero-order valence-corrected chi connectivity index (χ0v) is 64.6. The van der Waals surface area contributed by atoms with Gasteiger partial charge in [-0.05, 0) is 75.9 Å². The minimum atomic E-state index is -4.50.